The van der Waals surface area contributed by atoms with Gasteiger partial charge >= 0.3 is 0 Å². The Hall–Kier alpha value is -1.84. The van der Waals surface area contributed by atoms with Crippen LogP contribution in [0, 0.1) is 6.92 Å². The van der Waals surface area contributed by atoms with E-state index >= 15 is 0 Å². The number of aryl methyl sites for hydroxylation is 1. The van der Waals surface area contributed by atoms with E-state index in [9.17, 15) is 9.18 Å². The molecule has 1 aliphatic heterocycles. The number of amides is 1. The quantitative estimate of drug-likeness (QED) is 0.825. The molecule has 0 unspecified atom stereocenters. The van der Waals surface area contributed by atoms with Gasteiger partial charge in [0.15, 0.2) is 0 Å². The molecule has 1 atom stereocenters. The van der Waals surface area contributed by atoms with Crippen molar-refractivity contribution in [1.82, 2.24) is 9.88 Å². The molecule has 4 heteroatoms. The van der Waals surface area contributed by atoms with Gasteiger partial charge in [0.2, 0.25) is 0 Å². The number of hydrogen-bond acceptors (Lipinski definition) is 1. The Kier molecular flexibility index (Phi) is 2.58. The highest BCUT2D eigenvalue weighted by Gasteiger charge is 2.27. The summed E-state index contributed by atoms with van der Waals surface area (Å²) >= 11 is 0. The van der Waals surface area contributed by atoms with Crippen LogP contribution in [-0.2, 0) is 0 Å². The smallest absolute Gasteiger partial charge is 0.256 e. The standard InChI is InChI=1S/C14H15FN2O/c1-9-2-3-11-12(7-16-13(11)6-9)14(18)17-5-4-10(15)8-17/h2-3,6-7,10,16H,4-5,8H2,1H3/t10-/m1/s1. The van der Waals surface area contributed by atoms with Crippen molar-refractivity contribution in [3.8, 4) is 0 Å². The zero-order valence-electron chi connectivity index (χ0n) is 10.2. The largest absolute Gasteiger partial charge is 0.360 e. The first kappa shape index (κ1) is 11.3. The van der Waals surface area contributed by atoms with Crippen LogP contribution >= 0.6 is 0 Å². The van der Waals surface area contributed by atoms with E-state index in [4.69, 9.17) is 0 Å². The van der Waals surface area contributed by atoms with Crippen molar-refractivity contribution in [2.45, 2.75) is 19.5 Å². The van der Waals surface area contributed by atoms with Crippen LogP contribution in [0.3, 0.4) is 0 Å². The maximum absolute atomic E-state index is 13.1. The minimum Gasteiger partial charge on any atom is -0.360 e. The fourth-order valence-electron chi connectivity index (χ4n) is 2.49. The Morgan fingerprint density at radius 1 is 1.50 bits per heavy atom. The van der Waals surface area contributed by atoms with Crippen LogP contribution in [0.5, 0.6) is 0 Å². The molecule has 0 spiro atoms. The molecule has 94 valence electrons. The minimum absolute atomic E-state index is 0.0785. The van der Waals surface area contributed by atoms with E-state index in [1.54, 1.807) is 11.1 Å². The number of alkyl halides is 1. The molecule has 3 nitrogen and oxygen atoms in total. The second-order valence-electron chi connectivity index (χ2n) is 4.89. The summed E-state index contributed by atoms with van der Waals surface area (Å²) in [5.74, 6) is -0.0785. The fourth-order valence-corrected chi connectivity index (χ4v) is 2.49. The van der Waals surface area contributed by atoms with Crippen molar-refractivity contribution in [2.75, 3.05) is 13.1 Å². The molecule has 1 aromatic heterocycles. The van der Waals surface area contributed by atoms with E-state index < -0.39 is 6.17 Å². The van der Waals surface area contributed by atoms with Gasteiger partial charge in [0.1, 0.15) is 6.17 Å². The van der Waals surface area contributed by atoms with Crippen LogP contribution in [0.15, 0.2) is 24.4 Å². The molecule has 0 radical (unpaired) electrons. The Balaban J connectivity index is 1.97. The predicted octanol–water partition coefficient (Wildman–Crippen LogP) is 2.66. The van der Waals surface area contributed by atoms with Crippen molar-refractivity contribution in [3.63, 3.8) is 0 Å². The van der Waals surface area contributed by atoms with E-state index in [0.29, 0.717) is 18.5 Å². The number of rotatable bonds is 1. The topological polar surface area (TPSA) is 36.1 Å². The lowest BCUT2D eigenvalue weighted by molar-refractivity contribution is 0.0785. The first-order valence-corrected chi connectivity index (χ1v) is 6.16. The second kappa shape index (κ2) is 4.12. The summed E-state index contributed by atoms with van der Waals surface area (Å²) in [4.78, 5) is 17.0. The molecule has 1 amide bonds. The zero-order chi connectivity index (χ0) is 12.7. The van der Waals surface area contributed by atoms with Crippen molar-refractivity contribution < 1.29 is 9.18 Å². The zero-order valence-corrected chi connectivity index (χ0v) is 10.2. The average molecular weight is 246 g/mol. The number of benzene rings is 1. The molecular weight excluding hydrogens is 231 g/mol. The lowest BCUT2D eigenvalue weighted by atomic mass is 10.1. The first-order valence-electron chi connectivity index (χ1n) is 6.16. The fraction of sp³-hybridized carbons (Fsp3) is 0.357. The molecular formula is C14H15FN2O. The first-order chi connectivity index (χ1) is 8.65. The lowest BCUT2D eigenvalue weighted by Crippen LogP contribution is -2.28. The third kappa shape index (κ3) is 1.78. The van der Waals surface area contributed by atoms with Crippen LogP contribution in [0.2, 0.25) is 0 Å². The van der Waals surface area contributed by atoms with Gasteiger partial charge in [-0.15, -0.1) is 0 Å². The highest BCUT2D eigenvalue weighted by molar-refractivity contribution is 6.06. The van der Waals surface area contributed by atoms with Crippen LogP contribution < -0.4 is 0 Å². The minimum atomic E-state index is -0.874. The van der Waals surface area contributed by atoms with Crippen LogP contribution in [0.25, 0.3) is 10.9 Å². The van der Waals surface area contributed by atoms with E-state index in [2.05, 4.69) is 4.98 Å². The third-order valence-electron chi connectivity index (χ3n) is 3.49. The number of halogens is 1. The third-order valence-corrected chi connectivity index (χ3v) is 3.49. The number of aromatic nitrogens is 1. The molecule has 18 heavy (non-hydrogen) atoms. The molecule has 2 heterocycles. The summed E-state index contributed by atoms with van der Waals surface area (Å²) in [6.45, 7) is 2.74. The number of nitrogens with zero attached hydrogens (tertiary/aromatic N) is 1. The van der Waals surface area contributed by atoms with Crippen molar-refractivity contribution in [2.24, 2.45) is 0 Å². The van der Waals surface area contributed by atoms with E-state index in [-0.39, 0.29) is 12.5 Å². The monoisotopic (exact) mass is 246 g/mol. The highest BCUT2D eigenvalue weighted by atomic mass is 19.1. The number of carbonyl (C=O) groups is 1. The lowest BCUT2D eigenvalue weighted by Gasteiger charge is -2.14. The molecule has 1 saturated heterocycles. The van der Waals surface area contributed by atoms with Crippen molar-refractivity contribution in [1.29, 1.82) is 0 Å². The SMILES string of the molecule is Cc1ccc2c(C(=O)N3CC[C@@H](F)C3)c[nH]c2c1. The Labute approximate surface area is 105 Å². The maximum Gasteiger partial charge on any atom is 0.256 e. The highest BCUT2D eigenvalue weighted by Crippen LogP contribution is 2.23. The van der Waals surface area contributed by atoms with Gasteiger partial charge in [0.25, 0.3) is 5.91 Å². The average Bonchev–Trinajstić information content (AvgIpc) is 2.94. The predicted molar refractivity (Wildman–Crippen MR) is 68.5 cm³/mol. The molecule has 0 aliphatic carbocycles. The van der Waals surface area contributed by atoms with E-state index in [0.717, 1.165) is 16.5 Å². The van der Waals surface area contributed by atoms with Crippen LogP contribution in [-0.4, -0.2) is 35.1 Å². The van der Waals surface area contributed by atoms with Gasteiger partial charge in [-0.3, -0.25) is 4.79 Å². The van der Waals surface area contributed by atoms with Gasteiger partial charge in [-0.05, 0) is 25.0 Å². The summed E-state index contributed by atoms with van der Waals surface area (Å²) in [7, 11) is 0. The summed E-state index contributed by atoms with van der Waals surface area (Å²) in [5, 5.41) is 0.910. The van der Waals surface area contributed by atoms with Crippen molar-refractivity contribution >= 4 is 16.8 Å². The van der Waals surface area contributed by atoms with Crippen LogP contribution in [0.4, 0.5) is 4.39 Å². The summed E-state index contributed by atoms with van der Waals surface area (Å²) in [6, 6.07) is 5.93. The molecule has 1 N–H and O–H groups in total. The summed E-state index contributed by atoms with van der Waals surface area (Å²) in [5.41, 5.74) is 2.74. The molecule has 1 aromatic carbocycles. The second-order valence-corrected chi connectivity index (χ2v) is 4.89. The Morgan fingerprint density at radius 2 is 2.33 bits per heavy atom. The summed E-state index contributed by atoms with van der Waals surface area (Å²) < 4.78 is 13.1. The molecule has 3 rings (SSSR count). The van der Waals surface area contributed by atoms with Crippen LogP contribution in [0.1, 0.15) is 22.3 Å². The van der Waals surface area contributed by atoms with Gasteiger partial charge in [0.05, 0.1) is 12.1 Å². The van der Waals surface area contributed by atoms with E-state index in [1.165, 1.54) is 0 Å². The van der Waals surface area contributed by atoms with Gasteiger partial charge in [-0.25, -0.2) is 4.39 Å². The number of hydrogen-bond donors (Lipinski definition) is 1. The molecule has 1 fully saturated rings. The normalized spacial score (nSPS) is 19.7. The number of fused-ring (bicyclic) bond motifs is 1. The van der Waals surface area contributed by atoms with E-state index in [1.807, 2.05) is 25.1 Å². The molecule has 2 aromatic rings. The van der Waals surface area contributed by atoms with Gasteiger partial charge in [-0.2, -0.15) is 0 Å². The van der Waals surface area contributed by atoms with Gasteiger partial charge < -0.3 is 9.88 Å². The number of nitrogens with one attached hydrogen (secondary N) is 1. The Morgan fingerprint density at radius 3 is 3.06 bits per heavy atom. The van der Waals surface area contributed by atoms with Crippen molar-refractivity contribution in [3.05, 3.63) is 35.5 Å². The summed E-state index contributed by atoms with van der Waals surface area (Å²) in [6.07, 6.45) is 1.30. The number of H-pyrrole nitrogens is 1. The number of aromatic amines is 1. The molecule has 1 aliphatic rings. The van der Waals surface area contributed by atoms with Gasteiger partial charge in [0, 0.05) is 23.6 Å². The Bertz CT molecular complexity index is 605. The van der Waals surface area contributed by atoms with Gasteiger partial charge in [-0.1, -0.05) is 12.1 Å². The molecule has 0 bridgehead atoms. The number of likely N-dealkylation sites (tertiary alicyclic amines) is 1. The molecule has 0 saturated carbocycles. The maximum atomic E-state index is 13.1. The number of carbonyl (C=O) groups excluding carboxylic acids is 1.